The van der Waals surface area contributed by atoms with Gasteiger partial charge in [-0.1, -0.05) is 18.2 Å². The van der Waals surface area contributed by atoms with E-state index in [-0.39, 0.29) is 11.9 Å². The number of carbonyl (C=O) groups excluding carboxylic acids is 1. The van der Waals surface area contributed by atoms with Crippen LogP contribution in [0, 0.1) is 6.92 Å². The molecule has 32 heavy (non-hydrogen) atoms. The van der Waals surface area contributed by atoms with E-state index in [4.69, 9.17) is 11.5 Å². The van der Waals surface area contributed by atoms with E-state index in [9.17, 15) is 4.79 Å². The molecule has 4 N–H and O–H groups in total. The molecule has 2 aromatic heterocycles. The summed E-state index contributed by atoms with van der Waals surface area (Å²) in [5.41, 5.74) is 18.7. The lowest BCUT2D eigenvalue weighted by atomic mass is 10.0. The fraction of sp³-hybridized carbons (Fsp3) is 0.240. The summed E-state index contributed by atoms with van der Waals surface area (Å²) in [7, 11) is 0. The fourth-order valence-electron chi connectivity index (χ4n) is 4.24. The summed E-state index contributed by atoms with van der Waals surface area (Å²) < 4.78 is 2.03. The zero-order chi connectivity index (χ0) is 22.2. The molecule has 1 aliphatic rings. The fourth-order valence-corrected chi connectivity index (χ4v) is 4.24. The standard InChI is InChI=1S/C25H26N6O/c1-16-12-18(4-7-21(16)25(32)30-10-8-20(27)9-11-30)22-15-31-23(13-29-24(31)14-28-22)17-2-5-19(26)6-3-17/h2-7,12-15,20H,8-11,26-27H2,1H3. The van der Waals surface area contributed by atoms with Gasteiger partial charge in [0.25, 0.3) is 5.91 Å². The van der Waals surface area contributed by atoms with Gasteiger partial charge in [0, 0.05) is 47.7 Å². The first-order valence-electron chi connectivity index (χ1n) is 10.8. The third-order valence-corrected chi connectivity index (χ3v) is 6.18. The first-order valence-corrected chi connectivity index (χ1v) is 10.8. The third kappa shape index (κ3) is 3.71. The van der Waals surface area contributed by atoms with Crippen LogP contribution in [-0.4, -0.2) is 44.3 Å². The van der Waals surface area contributed by atoms with Crippen molar-refractivity contribution in [2.24, 2.45) is 5.73 Å². The Bertz CT molecular complexity index is 1290. The topological polar surface area (TPSA) is 103 Å². The average molecular weight is 427 g/mol. The van der Waals surface area contributed by atoms with Gasteiger partial charge in [-0.15, -0.1) is 0 Å². The quantitative estimate of drug-likeness (QED) is 0.488. The molecule has 0 saturated carbocycles. The number of amides is 1. The minimum Gasteiger partial charge on any atom is -0.399 e. The van der Waals surface area contributed by atoms with E-state index < -0.39 is 0 Å². The molecule has 0 atom stereocenters. The van der Waals surface area contributed by atoms with Crippen molar-refractivity contribution in [1.82, 2.24) is 19.3 Å². The smallest absolute Gasteiger partial charge is 0.254 e. The number of rotatable bonds is 3. The average Bonchev–Trinajstić information content (AvgIpc) is 3.23. The van der Waals surface area contributed by atoms with Crippen molar-refractivity contribution in [2.75, 3.05) is 18.8 Å². The van der Waals surface area contributed by atoms with E-state index in [0.717, 1.165) is 57.8 Å². The van der Waals surface area contributed by atoms with Gasteiger partial charge in [-0.25, -0.2) is 4.98 Å². The summed E-state index contributed by atoms with van der Waals surface area (Å²) in [5.74, 6) is 0.0737. The highest BCUT2D eigenvalue weighted by Crippen LogP contribution is 2.26. The number of hydrogen-bond acceptors (Lipinski definition) is 5. The zero-order valence-electron chi connectivity index (χ0n) is 18.0. The van der Waals surface area contributed by atoms with Gasteiger partial charge < -0.3 is 16.4 Å². The Kier molecular flexibility index (Phi) is 5.11. The Hall–Kier alpha value is -3.71. The van der Waals surface area contributed by atoms with Crippen molar-refractivity contribution in [3.63, 3.8) is 0 Å². The maximum atomic E-state index is 13.0. The highest BCUT2D eigenvalue weighted by molar-refractivity contribution is 5.96. The number of likely N-dealkylation sites (tertiary alicyclic amines) is 1. The number of piperidine rings is 1. The Morgan fingerprint density at radius 1 is 1.00 bits per heavy atom. The van der Waals surface area contributed by atoms with E-state index >= 15 is 0 Å². The van der Waals surface area contributed by atoms with Crippen molar-refractivity contribution in [3.05, 3.63) is 72.2 Å². The molecule has 0 unspecified atom stereocenters. The highest BCUT2D eigenvalue weighted by atomic mass is 16.2. The van der Waals surface area contributed by atoms with Crippen molar-refractivity contribution < 1.29 is 4.79 Å². The largest absolute Gasteiger partial charge is 0.399 e. The molecule has 1 fully saturated rings. The minimum absolute atomic E-state index is 0.0737. The molecule has 0 spiro atoms. The van der Waals surface area contributed by atoms with E-state index in [1.807, 2.05) is 71.1 Å². The number of carbonyl (C=O) groups is 1. The van der Waals surface area contributed by atoms with Crippen LogP contribution in [0.5, 0.6) is 0 Å². The molecule has 1 aliphatic heterocycles. The molecule has 5 rings (SSSR count). The van der Waals surface area contributed by atoms with Crippen molar-refractivity contribution in [3.8, 4) is 22.5 Å². The second-order valence-electron chi connectivity index (χ2n) is 8.43. The van der Waals surface area contributed by atoms with Crippen molar-refractivity contribution in [2.45, 2.75) is 25.8 Å². The molecule has 1 saturated heterocycles. The maximum absolute atomic E-state index is 13.0. The number of benzene rings is 2. The van der Waals surface area contributed by atoms with Crippen LogP contribution in [0.25, 0.3) is 28.2 Å². The van der Waals surface area contributed by atoms with Crippen LogP contribution >= 0.6 is 0 Å². The van der Waals surface area contributed by atoms with Crippen molar-refractivity contribution >= 4 is 17.2 Å². The normalized spacial score (nSPS) is 14.8. The predicted molar refractivity (Wildman–Crippen MR) is 126 cm³/mol. The molecule has 162 valence electrons. The van der Waals surface area contributed by atoms with Crippen LogP contribution < -0.4 is 11.5 Å². The second kappa shape index (κ2) is 8.09. The summed E-state index contributed by atoms with van der Waals surface area (Å²) >= 11 is 0. The predicted octanol–water partition coefficient (Wildman–Crippen LogP) is 3.52. The van der Waals surface area contributed by atoms with Gasteiger partial charge in [0.05, 0.1) is 23.8 Å². The number of nitrogen functional groups attached to an aromatic ring is 1. The molecule has 4 aromatic rings. The summed E-state index contributed by atoms with van der Waals surface area (Å²) in [6.45, 7) is 3.41. The van der Waals surface area contributed by atoms with Gasteiger partial charge in [-0.05, 0) is 49.6 Å². The molecule has 7 heteroatoms. The van der Waals surface area contributed by atoms with Gasteiger partial charge in [-0.3, -0.25) is 14.2 Å². The molecule has 1 amide bonds. The lowest BCUT2D eigenvalue weighted by Gasteiger charge is -2.30. The molecule has 0 aliphatic carbocycles. The number of aromatic nitrogens is 3. The van der Waals surface area contributed by atoms with Gasteiger partial charge in [0.1, 0.15) is 0 Å². The molecular formula is C25H26N6O. The SMILES string of the molecule is Cc1cc(-c2cn3c(-c4ccc(N)cc4)cnc3cn2)ccc1C(=O)N1CCC(N)CC1. The lowest BCUT2D eigenvalue weighted by molar-refractivity contribution is 0.0714. The molecule has 2 aromatic carbocycles. The summed E-state index contributed by atoms with van der Waals surface area (Å²) in [6.07, 6.45) is 7.30. The van der Waals surface area contributed by atoms with Crippen LogP contribution in [0.4, 0.5) is 5.69 Å². The highest BCUT2D eigenvalue weighted by Gasteiger charge is 2.23. The molecule has 3 heterocycles. The number of fused-ring (bicyclic) bond motifs is 1. The number of nitrogens with zero attached hydrogens (tertiary/aromatic N) is 4. The Morgan fingerprint density at radius 2 is 1.72 bits per heavy atom. The van der Waals surface area contributed by atoms with Gasteiger partial charge in [-0.2, -0.15) is 0 Å². The van der Waals surface area contributed by atoms with Crippen LogP contribution in [0.3, 0.4) is 0 Å². The van der Waals surface area contributed by atoms with E-state index in [0.29, 0.717) is 13.1 Å². The van der Waals surface area contributed by atoms with Gasteiger partial charge >= 0.3 is 0 Å². The first-order chi connectivity index (χ1) is 15.5. The third-order valence-electron chi connectivity index (χ3n) is 6.18. The molecule has 0 bridgehead atoms. The van der Waals surface area contributed by atoms with E-state index in [1.165, 1.54) is 0 Å². The number of imidazole rings is 1. The Morgan fingerprint density at radius 3 is 2.44 bits per heavy atom. The van der Waals surface area contributed by atoms with E-state index in [2.05, 4.69) is 9.97 Å². The van der Waals surface area contributed by atoms with Crippen LogP contribution in [0.2, 0.25) is 0 Å². The summed E-state index contributed by atoms with van der Waals surface area (Å²) in [5, 5.41) is 0. The van der Waals surface area contributed by atoms with E-state index in [1.54, 1.807) is 6.20 Å². The maximum Gasteiger partial charge on any atom is 0.254 e. The number of aryl methyl sites for hydroxylation is 1. The van der Waals surface area contributed by atoms with Crippen LogP contribution in [0.15, 0.2) is 61.1 Å². The zero-order valence-corrected chi connectivity index (χ0v) is 18.0. The Balaban J connectivity index is 1.46. The van der Waals surface area contributed by atoms with Gasteiger partial charge in [0.15, 0.2) is 5.65 Å². The number of anilines is 1. The summed E-state index contributed by atoms with van der Waals surface area (Å²) in [6, 6.07) is 13.8. The summed E-state index contributed by atoms with van der Waals surface area (Å²) in [4.78, 5) is 24.0. The molecule has 7 nitrogen and oxygen atoms in total. The monoisotopic (exact) mass is 426 g/mol. The van der Waals surface area contributed by atoms with Gasteiger partial charge in [0.2, 0.25) is 0 Å². The number of hydrogen-bond donors (Lipinski definition) is 2. The lowest BCUT2D eigenvalue weighted by Crippen LogP contribution is -2.43. The first kappa shape index (κ1) is 20.2. The Labute approximate surface area is 186 Å². The van der Waals surface area contributed by atoms with Crippen molar-refractivity contribution in [1.29, 1.82) is 0 Å². The molecule has 0 radical (unpaired) electrons. The number of nitrogens with two attached hydrogens (primary N) is 2. The minimum atomic E-state index is 0.0737. The molecular weight excluding hydrogens is 400 g/mol. The van der Waals surface area contributed by atoms with Crippen LogP contribution in [0.1, 0.15) is 28.8 Å². The second-order valence-corrected chi connectivity index (χ2v) is 8.43. The van der Waals surface area contributed by atoms with Crippen LogP contribution in [-0.2, 0) is 0 Å².